The topological polar surface area (TPSA) is 62.2 Å². The fourth-order valence-electron chi connectivity index (χ4n) is 3.76. The number of urea groups is 1. The molecule has 6 nitrogen and oxygen atoms in total. The third-order valence-electron chi connectivity index (χ3n) is 5.16. The Morgan fingerprint density at radius 3 is 2.81 bits per heavy atom. The number of hydrogen-bond acceptors (Lipinski definition) is 3. The summed E-state index contributed by atoms with van der Waals surface area (Å²) in [6.07, 6.45) is 6.77. The van der Waals surface area contributed by atoms with Gasteiger partial charge in [0.15, 0.2) is 0 Å². The lowest BCUT2D eigenvalue weighted by Gasteiger charge is -2.35. The normalized spacial score (nSPS) is 17.6. The molecule has 0 bridgehead atoms. The van der Waals surface area contributed by atoms with Gasteiger partial charge in [-0.05, 0) is 51.2 Å². The molecule has 1 saturated heterocycles. The third-order valence-corrected chi connectivity index (χ3v) is 5.16. The van der Waals surface area contributed by atoms with Crippen LogP contribution in [0.5, 0.6) is 0 Å². The Balaban J connectivity index is 1.54. The molecular formula is C21H31N5O. The fourth-order valence-corrected chi connectivity index (χ4v) is 3.76. The lowest BCUT2D eigenvalue weighted by Crippen LogP contribution is -2.55. The molecule has 3 rings (SSSR count). The van der Waals surface area contributed by atoms with E-state index in [-0.39, 0.29) is 17.6 Å². The van der Waals surface area contributed by atoms with Gasteiger partial charge in [-0.2, -0.15) is 5.10 Å². The van der Waals surface area contributed by atoms with Crippen LogP contribution in [0.3, 0.4) is 0 Å². The maximum atomic E-state index is 12.6. The molecule has 1 aliphatic heterocycles. The van der Waals surface area contributed by atoms with Crippen LogP contribution < -0.4 is 15.5 Å². The number of rotatable bonds is 5. The Morgan fingerprint density at radius 1 is 1.33 bits per heavy atom. The number of benzene rings is 1. The van der Waals surface area contributed by atoms with Crippen LogP contribution in [0.4, 0.5) is 10.5 Å². The van der Waals surface area contributed by atoms with Gasteiger partial charge in [0, 0.05) is 37.9 Å². The Kier molecular flexibility index (Phi) is 5.73. The number of aryl methyl sites for hydroxylation is 2. The average molecular weight is 370 g/mol. The molecular weight excluding hydrogens is 338 g/mol. The summed E-state index contributed by atoms with van der Waals surface area (Å²) in [4.78, 5) is 14.9. The van der Waals surface area contributed by atoms with Gasteiger partial charge in [0.25, 0.3) is 0 Å². The molecule has 0 radical (unpaired) electrons. The predicted octanol–water partition coefficient (Wildman–Crippen LogP) is 3.02. The minimum absolute atomic E-state index is 0.0911. The minimum atomic E-state index is -0.312. The van der Waals surface area contributed by atoms with Gasteiger partial charge in [-0.25, -0.2) is 4.79 Å². The van der Waals surface area contributed by atoms with Crippen molar-refractivity contribution in [3.63, 3.8) is 0 Å². The number of carbonyl (C=O) groups excluding carboxylic acids is 1. The van der Waals surface area contributed by atoms with E-state index in [1.807, 2.05) is 36.3 Å². The zero-order valence-electron chi connectivity index (χ0n) is 16.8. The molecule has 2 N–H and O–H groups in total. The van der Waals surface area contributed by atoms with E-state index in [1.165, 1.54) is 11.1 Å². The number of carbonyl (C=O) groups is 1. The van der Waals surface area contributed by atoms with Gasteiger partial charge in [0.1, 0.15) is 0 Å². The van der Waals surface area contributed by atoms with Crippen LogP contribution in [0.2, 0.25) is 0 Å². The van der Waals surface area contributed by atoms with E-state index in [0.29, 0.717) is 0 Å². The van der Waals surface area contributed by atoms with Crippen LogP contribution in [0.15, 0.2) is 36.7 Å². The highest BCUT2D eigenvalue weighted by Crippen LogP contribution is 2.19. The van der Waals surface area contributed by atoms with E-state index >= 15 is 0 Å². The summed E-state index contributed by atoms with van der Waals surface area (Å²) in [5.74, 6) is 0. The minimum Gasteiger partial charge on any atom is -0.367 e. The summed E-state index contributed by atoms with van der Waals surface area (Å²) in [6.45, 7) is 8.08. The van der Waals surface area contributed by atoms with Gasteiger partial charge in [-0.1, -0.05) is 24.3 Å². The number of aromatic nitrogens is 2. The van der Waals surface area contributed by atoms with Crippen LogP contribution in [-0.2, 0) is 13.5 Å². The van der Waals surface area contributed by atoms with Gasteiger partial charge in [0.2, 0.25) is 0 Å². The van der Waals surface area contributed by atoms with Crippen LogP contribution >= 0.6 is 0 Å². The van der Waals surface area contributed by atoms with Crippen LogP contribution in [-0.4, -0.2) is 40.5 Å². The third kappa shape index (κ3) is 5.25. The molecule has 1 aromatic carbocycles. The zero-order chi connectivity index (χ0) is 19.4. The number of nitrogens with zero attached hydrogens (tertiary/aromatic N) is 3. The van der Waals surface area contributed by atoms with E-state index in [9.17, 15) is 4.79 Å². The zero-order valence-corrected chi connectivity index (χ0v) is 16.8. The largest absolute Gasteiger partial charge is 0.367 e. The van der Waals surface area contributed by atoms with Crippen molar-refractivity contribution >= 4 is 11.7 Å². The lowest BCUT2D eigenvalue weighted by molar-refractivity contribution is 0.224. The van der Waals surface area contributed by atoms with Crippen LogP contribution in [0.25, 0.3) is 0 Å². The predicted molar refractivity (Wildman–Crippen MR) is 109 cm³/mol. The summed E-state index contributed by atoms with van der Waals surface area (Å²) in [5.41, 5.74) is 3.33. The van der Waals surface area contributed by atoms with Crippen molar-refractivity contribution in [3.05, 3.63) is 47.8 Å². The highest BCUT2D eigenvalue weighted by molar-refractivity contribution is 5.75. The van der Waals surface area contributed by atoms with Gasteiger partial charge >= 0.3 is 6.03 Å². The van der Waals surface area contributed by atoms with Crippen molar-refractivity contribution in [2.75, 3.05) is 18.0 Å². The molecule has 0 aliphatic carbocycles. The highest BCUT2D eigenvalue weighted by atomic mass is 16.2. The van der Waals surface area contributed by atoms with Crippen molar-refractivity contribution in [2.45, 2.75) is 51.6 Å². The van der Waals surface area contributed by atoms with Gasteiger partial charge in [-0.15, -0.1) is 0 Å². The molecule has 2 heterocycles. The average Bonchev–Trinajstić information content (AvgIpc) is 3.03. The molecule has 0 spiro atoms. The Morgan fingerprint density at radius 2 is 2.11 bits per heavy atom. The molecule has 1 fully saturated rings. The quantitative estimate of drug-likeness (QED) is 0.852. The first-order valence-corrected chi connectivity index (χ1v) is 9.69. The van der Waals surface area contributed by atoms with Gasteiger partial charge in [0.05, 0.1) is 11.9 Å². The molecule has 6 heteroatoms. The summed E-state index contributed by atoms with van der Waals surface area (Å²) in [5, 5.41) is 10.6. The summed E-state index contributed by atoms with van der Waals surface area (Å²) >= 11 is 0. The first kappa shape index (κ1) is 19.3. The number of nitrogens with one attached hydrogen (secondary N) is 2. The van der Waals surface area contributed by atoms with Crippen LogP contribution in [0, 0.1) is 6.92 Å². The van der Waals surface area contributed by atoms with Crippen molar-refractivity contribution < 1.29 is 4.79 Å². The van der Waals surface area contributed by atoms with Crippen LogP contribution in [0.1, 0.15) is 37.8 Å². The maximum absolute atomic E-state index is 12.6. The summed E-state index contributed by atoms with van der Waals surface area (Å²) in [6, 6.07) is 8.39. The number of amides is 2. The molecule has 2 amide bonds. The SMILES string of the molecule is Cc1ccccc1CC(C)(C)NC(=O)NC1CCCN(c2cnn(C)c2)C1. The summed E-state index contributed by atoms with van der Waals surface area (Å²) in [7, 11) is 1.92. The second-order valence-corrected chi connectivity index (χ2v) is 8.24. The van der Waals surface area contributed by atoms with E-state index in [2.05, 4.69) is 53.5 Å². The van der Waals surface area contributed by atoms with Gasteiger partial charge < -0.3 is 15.5 Å². The second kappa shape index (κ2) is 8.03. The maximum Gasteiger partial charge on any atom is 0.315 e. The standard InChI is InChI=1S/C21H31N5O/c1-16-8-5-6-9-17(16)12-21(2,3)24-20(27)23-18-10-7-11-26(14-18)19-13-22-25(4)15-19/h5-6,8-9,13,15,18H,7,10-12,14H2,1-4H3,(H2,23,24,27). The van der Waals surface area contributed by atoms with E-state index < -0.39 is 0 Å². The smallest absolute Gasteiger partial charge is 0.315 e. The van der Waals surface area contributed by atoms with Crippen molar-refractivity contribution in [2.24, 2.45) is 7.05 Å². The number of piperidine rings is 1. The second-order valence-electron chi connectivity index (χ2n) is 8.24. The molecule has 1 atom stereocenters. The van der Waals surface area contributed by atoms with Crippen molar-refractivity contribution in [1.82, 2.24) is 20.4 Å². The first-order valence-electron chi connectivity index (χ1n) is 9.69. The Bertz CT molecular complexity index is 782. The van der Waals surface area contributed by atoms with E-state index in [4.69, 9.17) is 0 Å². The molecule has 146 valence electrons. The molecule has 1 aromatic heterocycles. The lowest BCUT2D eigenvalue weighted by atomic mass is 9.92. The van der Waals surface area contributed by atoms with Crippen molar-refractivity contribution in [3.8, 4) is 0 Å². The fraction of sp³-hybridized carbons (Fsp3) is 0.524. The monoisotopic (exact) mass is 369 g/mol. The van der Waals surface area contributed by atoms with E-state index in [1.54, 1.807) is 0 Å². The number of anilines is 1. The molecule has 1 aliphatic rings. The summed E-state index contributed by atoms with van der Waals surface area (Å²) < 4.78 is 1.81. The van der Waals surface area contributed by atoms with Crippen molar-refractivity contribution in [1.29, 1.82) is 0 Å². The molecule has 1 unspecified atom stereocenters. The Labute approximate surface area is 161 Å². The van der Waals surface area contributed by atoms with E-state index in [0.717, 1.165) is 38.0 Å². The highest BCUT2D eigenvalue weighted by Gasteiger charge is 2.26. The molecule has 27 heavy (non-hydrogen) atoms. The molecule has 0 saturated carbocycles. The molecule has 2 aromatic rings. The number of hydrogen-bond donors (Lipinski definition) is 2. The van der Waals surface area contributed by atoms with Gasteiger partial charge in [-0.3, -0.25) is 4.68 Å². The Hall–Kier alpha value is -2.50. The first-order chi connectivity index (χ1) is 12.8.